The first-order valence-electron chi connectivity index (χ1n) is 4.77. The Morgan fingerprint density at radius 2 is 1.94 bits per heavy atom. The van der Waals surface area contributed by atoms with E-state index in [1.165, 1.54) is 0 Å². The van der Waals surface area contributed by atoms with Crippen molar-refractivity contribution in [1.29, 1.82) is 0 Å². The fraction of sp³-hybridized carbons (Fsp3) is 0.182. The zero-order valence-electron chi connectivity index (χ0n) is 9.15. The molecule has 0 saturated heterocycles. The monoisotopic (exact) mass is 235 g/mol. The van der Waals surface area contributed by atoms with E-state index in [1.54, 1.807) is 26.1 Å². The van der Waals surface area contributed by atoms with Crippen LogP contribution in [0.3, 0.4) is 0 Å². The second-order valence-corrected chi connectivity index (χ2v) is 3.49. The molecular weight excluding hydrogens is 222 g/mol. The van der Waals surface area contributed by atoms with Crippen LogP contribution in [-0.4, -0.2) is 23.7 Å². The molecule has 0 radical (unpaired) electrons. The van der Waals surface area contributed by atoms with Gasteiger partial charge in [0.25, 0.3) is 0 Å². The molecule has 0 amide bonds. The highest BCUT2D eigenvalue weighted by molar-refractivity contribution is 7.80. The van der Waals surface area contributed by atoms with Crippen molar-refractivity contribution < 1.29 is 4.79 Å². The van der Waals surface area contributed by atoms with Gasteiger partial charge in [-0.05, 0) is 19.1 Å². The van der Waals surface area contributed by atoms with Gasteiger partial charge in [-0.2, -0.15) is 5.10 Å². The summed E-state index contributed by atoms with van der Waals surface area (Å²) in [5.41, 5.74) is 3.55. The number of carbonyl (C=O) groups is 1. The average molecular weight is 235 g/mol. The Bertz CT molecular complexity index is 414. The third-order valence-corrected chi connectivity index (χ3v) is 2.21. The largest absolute Gasteiger partial charge is 0.364 e. The Kier molecular flexibility index (Phi) is 4.60. The Balaban J connectivity index is 2.71. The topological polar surface area (TPSA) is 53.5 Å². The van der Waals surface area contributed by atoms with Crippen LogP contribution in [0.2, 0.25) is 0 Å². The third-order valence-electron chi connectivity index (χ3n) is 1.92. The number of hydrogen-bond acceptors (Lipinski definition) is 3. The molecule has 0 aromatic heterocycles. The van der Waals surface area contributed by atoms with Gasteiger partial charge in [0.2, 0.25) is 5.78 Å². The van der Waals surface area contributed by atoms with Crippen molar-refractivity contribution in [2.45, 2.75) is 6.92 Å². The van der Waals surface area contributed by atoms with Crippen LogP contribution in [0.1, 0.15) is 17.3 Å². The molecule has 1 aromatic carbocycles. The molecule has 2 N–H and O–H groups in total. The number of hydrazone groups is 1. The maximum atomic E-state index is 11.8. The number of rotatable bonds is 3. The smallest absolute Gasteiger partial charge is 0.208 e. The maximum absolute atomic E-state index is 11.8. The van der Waals surface area contributed by atoms with Crippen molar-refractivity contribution in [3.63, 3.8) is 0 Å². The van der Waals surface area contributed by atoms with Gasteiger partial charge in [-0.25, -0.2) is 0 Å². The lowest BCUT2D eigenvalue weighted by atomic mass is 10.1. The number of carbonyl (C=O) groups excluding carboxylic acids is 1. The normalized spacial score (nSPS) is 10.8. The molecule has 0 fully saturated rings. The van der Waals surface area contributed by atoms with Gasteiger partial charge in [-0.1, -0.05) is 30.3 Å². The molecule has 4 nitrogen and oxygen atoms in total. The zero-order chi connectivity index (χ0) is 12.0. The molecule has 0 atom stereocenters. The molecule has 0 heterocycles. The van der Waals surface area contributed by atoms with Crippen LogP contribution in [0.15, 0.2) is 35.4 Å². The predicted octanol–water partition coefficient (Wildman–Crippen LogP) is 1.34. The molecule has 0 bridgehead atoms. The number of Topliss-reactive ketones (excluding diaryl/α,β-unsaturated/α-hetero) is 1. The Morgan fingerprint density at radius 3 is 2.50 bits per heavy atom. The van der Waals surface area contributed by atoms with Crippen molar-refractivity contribution >= 4 is 28.8 Å². The van der Waals surface area contributed by atoms with Crippen molar-refractivity contribution in [3.8, 4) is 0 Å². The van der Waals surface area contributed by atoms with Crippen LogP contribution in [0.4, 0.5) is 0 Å². The summed E-state index contributed by atoms with van der Waals surface area (Å²) in [6.45, 7) is 1.64. The average Bonchev–Trinajstić information content (AvgIpc) is 2.35. The molecule has 0 aliphatic heterocycles. The van der Waals surface area contributed by atoms with Gasteiger partial charge in [0.15, 0.2) is 5.11 Å². The Labute approximate surface area is 99.7 Å². The van der Waals surface area contributed by atoms with E-state index in [0.29, 0.717) is 16.4 Å². The van der Waals surface area contributed by atoms with Gasteiger partial charge < -0.3 is 5.32 Å². The first-order chi connectivity index (χ1) is 7.65. The lowest BCUT2D eigenvalue weighted by Crippen LogP contribution is -2.30. The van der Waals surface area contributed by atoms with Crippen LogP contribution in [0.25, 0.3) is 0 Å². The molecule has 0 aliphatic rings. The second-order valence-electron chi connectivity index (χ2n) is 3.08. The van der Waals surface area contributed by atoms with E-state index in [1.807, 2.05) is 18.2 Å². The van der Waals surface area contributed by atoms with Gasteiger partial charge in [0.1, 0.15) is 5.71 Å². The predicted molar refractivity (Wildman–Crippen MR) is 68.7 cm³/mol. The molecule has 1 aromatic rings. The van der Waals surface area contributed by atoms with Gasteiger partial charge in [-0.3, -0.25) is 10.2 Å². The molecule has 16 heavy (non-hydrogen) atoms. The Morgan fingerprint density at radius 1 is 1.31 bits per heavy atom. The third kappa shape index (κ3) is 3.43. The molecule has 0 aliphatic carbocycles. The zero-order valence-corrected chi connectivity index (χ0v) is 9.97. The number of hydrogen-bond donors (Lipinski definition) is 2. The summed E-state index contributed by atoms with van der Waals surface area (Å²) < 4.78 is 0. The van der Waals surface area contributed by atoms with E-state index in [4.69, 9.17) is 12.2 Å². The summed E-state index contributed by atoms with van der Waals surface area (Å²) in [5, 5.41) is 6.96. The van der Waals surface area contributed by atoms with E-state index in [9.17, 15) is 4.79 Å². The minimum Gasteiger partial charge on any atom is -0.364 e. The number of nitrogens with zero attached hydrogens (tertiary/aromatic N) is 1. The standard InChI is InChI=1S/C11H13N3OS/c1-8(13-14-11(16)12-2)10(15)9-6-4-3-5-7-9/h3-7H,1-2H3,(H2,12,14,16). The summed E-state index contributed by atoms with van der Waals surface area (Å²) in [6.07, 6.45) is 0. The highest BCUT2D eigenvalue weighted by atomic mass is 32.1. The highest BCUT2D eigenvalue weighted by Gasteiger charge is 2.08. The molecule has 1 rings (SSSR count). The van der Waals surface area contributed by atoms with Gasteiger partial charge >= 0.3 is 0 Å². The van der Waals surface area contributed by atoms with Gasteiger partial charge in [0, 0.05) is 12.6 Å². The number of benzene rings is 1. The fourth-order valence-corrected chi connectivity index (χ4v) is 1.09. The number of ketones is 1. The van der Waals surface area contributed by atoms with Crippen molar-refractivity contribution in [3.05, 3.63) is 35.9 Å². The van der Waals surface area contributed by atoms with Crippen molar-refractivity contribution in [2.24, 2.45) is 5.10 Å². The Hall–Kier alpha value is -1.75. The number of thiocarbonyl (C=S) groups is 1. The summed E-state index contributed by atoms with van der Waals surface area (Å²) >= 11 is 4.84. The quantitative estimate of drug-likeness (QED) is 0.359. The van der Waals surface area contributed by atoms with Crippen LogP contribution < -0.4 is 10.7 Å². The summed E-state index contributed by atoms with van der Waals surface area (Å²) in [4.78, 5) is 11.8. The van der Waals surface area contributed by atoms with Gasteiger partial charge in [-0.15, -0.1) is 0 Å². The van der Waals surface area contributed by atoms with Gasteiger partial charge in [0.05, 0.1) is 0 Å². The molecule has 0 unspecified atom stereocenters. The molecular formula is C11H13N3OS. The van der Waals surface area contributed by atoms with Crippen molar-refractivity contribution in [2.75, 3.05) is 7.05 Å². The van der Waals surface area contributed by atoms with Crippen LogP contribution in [-0.2, 0) is 0 Å². The summed E-state index contributed by atoms with van der Waals surface area (Å²) in [6, 6.07) is 8.98. The van der Waals surface area contributed by atoms with Crippen LogP contribution in [0, 0.1) is 0 Å². The molecule has 84 valence electrons. The maximum Gasteiger partial charge on any atom is 0.208 e. The van der Waals surface area contributed by atoms with E-state index < -0.39 is 0 Å². The fourth-order valence-electron chi connectivity index (χ4n) is 1.04. The summed E-state index contributed by atoms with van der Waals surface area (Å²) in [5.74, 6) is -0.119. The van der Waals surface area contributed by atoms with Crippen LogP contribution >= 0.6 is 12.2 Å². The van der Waals surface area contributed by atoms with E-state index in [-0.39, 0.29) is 5.78 Å². The highest BCUT2D eigenvalue weighted by Crippen LogP contribution is 2.00. The summed E-state index contributed by atoms with van der Waals surface area (Å²) in [7, 11) is 1.68. The van der Waals surface area contributed by atoms with E-state index >= 15 is 0 Å². The van der Waals surface area contributed by atoms with Crippen molar-refractivity contribution in [1.82, 2.24) is 10.7 Å². The first kappa shape index (κ1) is 12.3. The van der Waals surface area contributed by atoms with Crippen LogP contribution in [0.5, 0.6) is 0 Å². The lowest BCUT2D eigenvalue weighted by Gasteiger charge is -2.03. The SMILES string of the molecule is CNC(=S)NN=C(C)C(=O)c1ccccc1. The number of nitrogens with one attached hydrogen (secondary N) is 2. The lowest BCUT2D eigenvalue weighted by molar-refractivity contribution is 0.106. The molecule has 5 heteroatoms. The molecule has 0 saturated carbocycles. The first-order valence-corrected chi connectivity index (χ1v) is 5.17. The van der Waals surface area contributed by atoms with E-state index in [2.05, 4.69) is 15.8 Å². The van der Waals surface area contributed by atoms with E-state index in [0.717, 1.165) is 0 Å². The molecule has 0 spiro atoms. The minimum absolute atomic E-state index is 0.119. The second kappa shape index (κ2) is 5.97. The minimum atomic E-state index is -0.119.